The van der Waals surface area contributed by atoms with Gasteiger partial charge in [-0.3, -0.25) is 0 Å². The van der Waals surface area contributed by atoms with Gasteiger partial charge < -0.3 is 5.32 Å². The Hall–Kier alpha value is -0.300. The number of hydrogen-bond donors (Lipinski definition) is 1. The maximum atomic E-state index is 3.80. The molecule has 0 aromatic carbocycles. The molecule has 0 aliphatic heterocycles. The van der Waals surface area contributed by atoms with Crippen molar-refractivity contribution in [1.29, 1.82) is 0 Å². The molecule has 0 saturated heterocycles. The van der Waals surface area contributed by atoms with Crippen molar-refractivity contribution in [3.8, 4) is 0 Å². The van der Waals surface area contributed by atoms with Gasteiger partial charge in [-0.05, 0) is 51.0 Å². The third-order valence-corrected chi connectivity index (χ3v) is 4.33. The summed E-state index contributed by atoms with van der Waals surface area (Å²) >= 11 is 0. The summed E-state index contributed by atoms with van der Waals surface area (Å²) in [7, 11) is 2.13. The highest BCUT2D eigenvalue weighted by Gasteiger charge is 2.25. The number of rotatable bonds is 7. The predicted molar refractivity (Wildman–Crippen MR) is 72.6 cm³/mol. The van der Waals surface area contributed by atoms with E-state index in [1.807, 2.05) is 6.08 Å². The van der Waals surface area contributed by atoms with Crippen molar-refractivity contribution in [3.05, 3.63) is 12.7 Å². The minimum Gasteiger partial charge on any atom is -0.317 e. The van der Waals surface area contributed by atoms with Crippen LogP contribution in [0.3, 0.4) is 0 Å². The molecule has 0 spiro atoms. The van der Waals surface area contributed by atoms with Crippen molar-refractivity contribution < 1.29 is 0 Å². The Kier molecular flexibility index (Phi) is 6.79. The molecule has 0 heterocycles. The number of nitrogens with one attached hydrogen (secondary N) is 1. The lowest BCUT2D eigenvalue weighted by atomic mass is 9.76. The molecule has 1 unspecified atom stereocenters. The summed E-state index contributed by atoms with van der Waals surface area (Å²) in [5.74, 6) is 1.94. The molecule has 0 aromatic heterocycles. The molecule has 1 atom stereocenters. The van der Waals surface area contributed by atoms with Crippen LogP contribution in [0, 0.1) is 11.8 Å². The maximum absolute atomic E-state index is 3.80. The SMILES string of the molecule is C=CCCCC(NC)C1CCC(CC)CC1. The Labute approximate surface area is 102 Å². The summed E-state index contributed by atoms with van der Waals surface area (Å²) in [5, 5.41) is 3.53. The maximum Gasteiger partial charge on any atom is 0.00924 e. The summed E-state index contributed by atoms with van der Waals surface area (Å²) in [5.41, 5.74) is 0. The third-order valence-electron chi connectivity index (χ3n) is 4.33. The molecule has 16 heavy (non-hydrogen) atoms. The lowest BCUT2D eigenvalue weighted by molar-refractivity contribution is 0.215. The van der Waals surface area contributed by atoms with Crippen LogP contribution in [-0.4, -0.2) is 13.1 Å². The Morgan fingerprint density at radius 2 is 2.00 bits per heavy atom. The van der Waals surface area contributed by atoms with E-state index in [0.29, 0.717) is 0 Å². The molecule has 0 radical (unpaired) electrons. The van der Waals surface area contributed by atoms with E-state index < -0.39 is 0 Å². The summed E-state index contributed by atoms with van der Waals surface area (Å²) < 4.78 is 0. The molecule has 1 saturated carbocycles. The summed E-state index contributed by atoms with van der Waals surface area (Å²) in [6, 6.07) is 0.748. The summed E-state index contributed by atoms with van der Waals surface area (Å²) in [4.78, 5) is 0. The fourth-order valence-corrected chi connectivity index (χ4v) is 3.10. The van der Waals surface area contributed by atoms with Crippen molar-refractivity contribution in [2.45, 2.75) is 64.3 Å². The van der Waals surface area contributed by atoms with Crippen LogP contribution in [0.2, 0.25) is 0 Å². The Morgan fingerprint density at radius 1 is 1.31 bits per heavy atom. The Bertz CT molecular complexity index is 180. The zero-order valence-corrected chi connectivity index (χ0v) is 11.2. The molecule has 1 rings (SSSR count). The van der Waals surface area contributed by atoms with E-state index in [1.165, 1.54) is 51.4 Å². The van der Waals surface area contributed by atoms with Crippen LogP contribution in [0.4, 0.5) is 0 Å². The first-order valence-corrected chi connectivity index (χ1v) is 7.10. The lowest BCUT2D eigenvalue weighted by Gasteiger charge is -2.33. The van der Waals surface area contributed by atoms with E-state index in [-0.39, 0.29) is 0 Å². The minimum absolute atomic E-state index is 0.748. The van der Waals surface area contributed by atoms with Crippen molar-refractivity contribution in [2.24, 2.45) is 11.8 Å². The standard InChI is InChI=1S/C15H29N/c1-4-6-7-8-15(16-3)14-11-9-13(5-2)10-12-14/h4,13-16H,1,5-12H2,2-3H3. The normalized spacial score (nSPS) is 27.6. The van der Waals surface area contributed by atoms with E-state index >= 15 is 0 Å². The van der Waals surface area contributed by atoms with Gasteiger partial charge in [0, 0.05) is 6.04 Å². The molecular weight excluding hydrogens is 194 g/mol. The molecule has 0 amide bonds. The Morgan fingerprint density at radius 3 is 2.50 bits per heavy atom. The summed E-state index contributed by atoms with van der Waals surface area (Å²) in [6.45, 7) is 6.13. The van der Waals surface area contributed by atoms with Crippen LogP contribution in [-0.2, 0) is 0 Å². The van der Waals surface area contributed by atoms with E-state index in [1.54, 1.807) is 0 Å². The van der Waals surface area contributed by atoms with Gasteiger partial charge in [0.15, 0.2) is 0 Å². The predicted octanol–water partition coefficient (Wildman–Crippen LogP) is 4.15. The van der Waals surface area contributed by atoms with Gasteiger partial charge in [-0.25, -0.2) is 0 Å². The number of unbranched alkanes of at least 4 members (excludes halogenated alkanes) is 1. The van der Waals surface area contributed by atoms with E-state index in [4.69, 9.17) is 0 Å². The Balaban J connectivity index is 2.27. The van der Waals surface area contributed by atoms with Crippen molar-refractivity contribution in [2.75, 3.05) is 7.05 Å². The highest BCUT2D eigenvalue weighted by molar-refractivity contribution is 4.81. The lowest BCUT2D eigenvalue weighted by Crippen LogP contribution is -2.35. The van der Waals surface area contributed by atoms with Crippen molar-refractivity contribution in [3.63, 3.8) is 0 Å². The zero-order chi connectivity index (χ0) is 11.8. The fraction of sp³-hybridized carbons (Fsp3) is 0.867. The van der Waals surface area contributed by atoms with Crippen LogP contribution in [0.5, 0.6) is 0 Å². The van der Waals surface area contributed by atoms with Gasteiger partial charge >= 0.3 is 0 Å². The minimum atomic E-state index is 0.748. The van der Waals surface area contributed by atoms with Crippen molar-refractivity contribution in [1.82, 2.24) is 5.32 Å². The van der Waals surface area contributed by atoms with Crippen molar-refractivity contribution >= 4 is 0 Å². The molecule has 0 bridgehead atoms. The molecule has 1 nitrogen and oxygen atoms in total. The zero-order valence-electron chi connectivity index (χ0n) is 11.2. The van der Waals surface area contributed by atoms with Gasteiger partial charge in [-0.2, -0.15) is 0 Å². The topological polar surface area (TPSA) is 12.0 Å². The fourth-order valence-electron chi connectivity index (χ4n) is 3.10. The molecule has 1 aliphatic rings. The highest BCUT2D eigenvalue weighted by atomic mass is 14.9. The second-order valence-corrected chi connectivity index (χ2v) is 5.30. The molecule has 1 fully saturated rings. The first kappa shape index (κ1) is 13.8. The van der Waals surface area contributed by atoms with Gasteiger partial charge in [-0.1, -0.05) is 32.3 Å². The number of hydrogen-bond acceptors (Lipinski definition) is 1. The van der Waals surface area contributed by atoms with Gasteiger partial charge in [0.2, 0.25) is 0 Å². The average Bonchev–Trinajstić information content (AvgIpc) is 2.35. The molecule has 94 valence electrons. The van der Waals surface area contributed by atoms with E-state index in [9.17, 15) is 0 Å². The van der Waals surface area contributed by atoms with Crippen LogP contribution >= 0.6 is 0 Å². The molecule has 0 aromatic rings. The quantitative estimate of drug-likeness (QED) is 0.505. The second kappa shape index (κ2) is 7.89. The first-order valence-electron chi connectivity index (χ1n) is 7.10. The average molecular weight is 223 g/mol. The van der Waals surface area contributed by atoms with E-state index in [0.717, 1.165) is 17.9 Å². The molecule has 1 aliphatic carbocycles. The largest absolute Gasteiger partial charge is 0.317 e. The van der Waals surface area contributed by atoms with Crippen LogP contribution in [0.25, 0.3) is 0 Å². The molecule has 1 N–H and O–H groups in total. The van der Waals surface area contributed by atoms with Crippen LogP contribution in [0.1, 0.15) is 58.3 Å². The molecular formula is C15H29N. The number of allylic oxidation sites excluding steroid dienone is 1. The smallest absolute Gasteiger partial charge is 0.00924 e. The highest BCUT2D eigenvalue weighted by Crippen LogP contribution is 2.33. The van der Waals surface area contributed by atoms with E-state index in [2.05, 4.69) is 25.9 Å². The van der Waals surface area contributed by atoms with Crippen LogP contribution < -0.4 is 5.32 Å². The van der Waals surface area contributed by atoms with Gasteiger partial charge in [0.05, 0.1) is 0 Å². The second-order valence-electron chi connectivity index (χ2n) is 5.30. The third kappa shape index (κ3) is 4.29. The first-order chi connectivity index (χ1) is 7.81. The van der Waals surface area contributed by atoms with Crippen LogP contribution in [0.15, 0.2) is 12.7 Å². The van der Waals surface area contributed by atoms with Gasteiger partial charge in [0.25, 0.3) is 0 Å². The van der Waals surface area contributed by atoms with Gasteiger partial charge in [0.1, 0.15) is 0 Å². The van der Waals surface area contributed by atoms with Gasteiger partial charge in [-0.15, -0.1) is 6.58 Å². The monoisotopic (exact) mass is 223 g/mol. The summed E-state index contributed by atoms with van der Waals surface area (Å²) in [6.07, 6.45) is 13.0. The molecule has 1 heteroatoms.